The molecule has 0 saturated carbocycles. The molecular weight excluding hydrogens is 394 g/mol. The van der Waals surface area contributed by atoms with Crippen LogP contribution < -0.4 is 5.32 Å². The van der Waals surface area contributed by atoms with Crippen molar-refractivity contribution in [1.82, 2.24) is 9.97 Å². The molecule has 0 radical (unpaired) electrons. The molecule has 0 amide bonds. The maximum absolute atomic E-state index is 14.0. The van der Waals surface area contributed by atoms with Crippen molar-refractivity contribution in [1.29, 1.82) is 0 Å². The lowest BCUT2D eigenvalue weighted by Crippen LogP contribution is -2.07. The summed E-state index contributed by atoms with van der Waals surface area (Å²) >= 11 is 1.16. The molecule has 0 spiro atoms. The van der Waals surface area contributed by atoms with E-state index in [4.69, 9.17) is 0 Å². The molecule has 144 valence electrons. The van der Waals surface area contributed by atoms with Crippen molar-refractivity contribution < 1.29 is 22.4 Å². The summed E-state index contributed by atoms with van der Waals surface area (Å²) in [5, 5.41) is 2.76. The van der Waals surface area contributed by atoms with Crippen molar-refractivity contribution in [2.45, 2.75) is 12.1 Å². The Hall–Kier alpha value is -2.94. The summed E-state index contributed by atoms with van der Waals surface area (Å²) in [6, 6.07) is 5.94. The quantitative estimate of drug-likeness (QED) is 0.205. The van der Waals surface area contributed by atoms with Crippen LogP contribution in [0.5, 0.6) is 0 Å². The van der Waals surface area contributed by atoms with Crippen molar-refractivity contribution >= 4 is 29.6 Å². The number of carbonyl (C=O) groups is 1. The van der Waals surface area contributed by atoms with Crippen LogP contribution in [0, 0.1) is 30.2 Å². The van der Waals surface area contributed by atoms with Crippen LogP contribution in [0.3, 0.4) is 0 Å². The second kappa shape index (κ2) is 7.97. The number of thioether (sulfide) groups is 1. The van der Waals surface area contributed by atoms with E-state index in [1.165, 1.54) is 18.2 Å². The SMILES string of the molecule is CSc1nc(Nc2ccc(F)c(F)c2F)c(C=O)c(-c2ccc(F)c(C)c2)n1. The van der Waals surface area contributed by atoms with Crippen LogP contribution in [0.2, 0.25) is 0 Å². The molecule has 0 aliphatic rings. The first-order valence-corrected chi connectivity index (χ1v) is 9.16. The molecule has 3 rings (SSSR count). The largest absolute Gasteiger partial charge is 0.337 e. The highest BCUT2D eigenvalue weighted by molar-refractivity contribution is 7.98. The number of aromatic nitrogens is 2. The first-order chi connectivity index (χ1) is 13.3. The molecule has 1 N–H and O–H groups in total. The van der Waals surface area contributed by atoms with E-state index in [0.29, 0.717) is 17.4 Å². The zero-order chi connectivity index (χ0) is 20.4. The molecule has 0 fully saturated rings. The van der Waals surface area contributed by atoms with Gasteiger partial charge in [-0.2, -0.15) is 0 Å². The van der Waals surface area contributed by atoms with Crippen molar-refractivity contribution in [3.8, 4) is 11.3 Å². The molecule has 9 heteroatoms. The number of halogens is 4. The minimum absolute atomic E-state index is 0.0343. The third-order valence-electron chi connectivity index (χ3n) is 3.95. The van der Waals surface area contributed by atoms with Gasteiger partial charge in [0.15, 0.2) is 28.9 Å². The van der Waals surface area contributed by atoms with E-state index in [1.807, 2.05) is 0 Å². The van der Waals surface area contributed by atoms with Crippen molar-refractivity contribution in [3.63, 3.8) is 0 Å². The molecule has 0 atom stereocenters. The van der Waals surface area contributed by atoms with Crippen molar-refractivity contribution in [2.24, 2.45) is 0 Å². The minimum atomic E-state index is -1.65. The Bertz CT molecular complexity index is 1080. The van der Waals surface area contributed by atoms with Gasteiger partial charge in [0.05, 0.1) is 16.9 Å². The topological polar surface area (TPSA) is 54.9 Å². The average Bonchev–Trinajstić information content (AvgIpc) is 2.69. The summed E-state index contributed by atoms with van der Waals surface area (Å²) in [7, 11) is 0. The standard InChI is InChI=1S/C19H13F4N3OS/c1-9-7-10(3-4-12(9)20)17-11(8-27)18(26-19(25-17)28-2)24-14-6-5-13(21)15(22)16(14)23/h3-8H,1-2H3,(H,24,25,26). The van der Waals surface area contributed by atoms with Gasteiger partial charge < -0.3 is 5.32 Å². The number of anilines is 2. The fourth-order valence-electron chi connectivity index (χ4n) is 2.51. The number of aldehydes is 1. The number of aryl methyl sites for hydroxylation is 1. The lowest BCUT2D eigenvalue weighted by atomic mass is 10.0. The molecule has 3 aromatic rings. The van der Waals surface area contributed by atoms with Gasteiger partial charge in [-0.15, -0.1) is 0 Å². The van der Waals surface area contributed by atoms with Gasteiger partial charge in [0.2, 0.25) is 0 Å². The second-order valence-corrected chi connectivity index (χ2v) is 6.52. The summed E-state index contributed by atoms with van der Waals surface area (Å²) in [6.45, 7) is 1.56. The molecule has 2 aromatic carbocycles. The van der Waals surface area contributed by atoms with E-state index in [9.17, 15) is 22.4 Å². The second-order valence-electron chi connectivity index (χ2n) is 5.75. The number of hydrogen-bond donors (Lipinski definition) is 1. The highest BCUT2D eigenvalue weighted by Gasteiger charge is 2.19. The number of hydrogen-bond acceptors (Lipinski definition) is 5. The van der Waals surface area contributed by atoms with Crippen LogP contribution in [-0.2, 0) is 0 Å². The minimum Gasteiger partial charge on any atom is -0.337 e. The molecule has 28 heavy (non-hydrogen) atoms. The molecule has 1 aromatic heterocycles. The molecule has 0 unspecified atom stereocenters. The predicted octanol–water partition coefficient (Wildman–Crippen LogP) is 5.29. The number of nitrogens with one attached hydrogen (secondary N) is 1. The van der Waals surface area contributed by atoms with Gasteiger partial charge in [0.1, 0.15) is 11.6 Å². The lowest BCUT2D eigenvalue weighted by Gasteiger charge is -2.14. The Morgan fingerprint density at radius 3 is 2.36 bits per heavy atom. The normalized spacial score (nSPS) is 10.8. The summed E-state index contributed by atoms with van der Waals surface area (Å²) in [6.07, 6.45) is 2.15. The molecule has 0 bridgehead atoms. The van der Waals surface area contributed by atoms with Gasteiger partial charge >= 0.3 is 0 Å². The van der Waals surface area contributed by atoms with Crippen LogP contribution in [0.15, 0.2) is 35.5 Å². The number of benzene rings is 2. The third kappa shape index (κ3) is 3.70. The van der Waals surface area contributed by atoms with E-state index in [-0.39, 0.29) is 22.2 Å². The number of rotatable bonds is 5. The fourth-order valence-corrected chi connectivity index (χ4v) is 2.87. The predicted molar refractivity (Wildman–Crippen MR) is 98.9 cm³/mol. The molecule has 1 heterocycles. The average molecular weight is 407 g/mol. The Balaban J connectivity index is 2.17. The van der Waals surface area contributed by atoms with Crippen LogP contribution in [0.1, 0.15) is 15.9 Å². The third-order valence-corrected chi connectivity index (χ3v) is 4.49. The smallest absolute Gasteiger partial charge is 0.196 e. The summed E-state index contributed by atoms with van der Waals surface area (Å²) < 4.78 is 54.3. The molecule has 0 saturated heterocycles. The van der Waals surface area contributed by atoms with E-state index in [2.05, 4.69) is 15.3 Å². The monoisotopic (exact) mass is 407 g/mol. The Morgan fingerprint density at radius 1 is 1.00 bits per heavy atom. The summed E-state index contributed by atoms with van der Waals surface area (Å²) in [4.78, 5) is 20.2. The van der Waals surface area contributed by atoms with Gasteiger partial charge in [-0.1, -0.05) is 11.8 Å². The Kier molecular flexibility index (Phi) is 5.64. The van der Waals surface area contributed by atoms with Crippen molar-refractivity contribution in [3.05, 3.63) is 64.7 Å². The summed E-state index contributed by atoms with van der Waals surface area (Å²) in [5.41, 5.74) is 0.567. The molecule has 0 aliphatic carbocycles. The Labute approximate surface area is 162 Å². The van der Waals surface area contributed by atoms with Crippen molar-refractivity contribution in [2.75, 3.05) is 11.6 Å². The van der Waals surface area contributed by atoms with E-state index in [1.54, 1.807) is 13.2 Å². The van der Waals surface area contributed by atoms with Crippen LogP contribution in [0.25, 0.3) is 11.3 Å². The zero-order valence-corrected chi connectivity index (χ0v) is 15.5. The summed E-state index contributed by atoms with van der Waals surface area (Å²) in [5.74, 6) is -4.94. The molecule has 4 nitrogen and oxygen atoms in total. The number of carbonyl (C=O) groups excluding carboxylic acids is 1. The maximum atomic E-state index is 14.0. The van der Waals surface area contributed by atoms with Crippen LogP contribution >= 0.6 is 11.8 Å². The Morgan fingerprint density at radius 2 is 1.71 bits per heavy atom. The van der Waals surface area contributed by atoms with Crippen LogP contribution in [0.4, 0.5) is 29.1 Å². The van der Waals surface area contributed by atoms with Crippen LogP contribution in [-0.4, -0.2) is 22.5 Å². The zero-order valence-electron chi connectivity index (χ0n) is 14.7. The highest BCUT2D eigenvalue weighted by atomic mass is 32.2. The van der Waals surface area contributed by atoms with E-state index in [0.717, 1.165) is 23.9 Å². The van der Waals surface area contributed by atoms with Gasteiger partial charge in [-0.05, 0) is 49.1 Å². The van der Waals surface area contributed by atoms with E-state index >= 15 is 0 Å². The molecule has 0 aliphatic heterocycles. The maximum Gasteiger partial charge on any atom is 0.196 e. The van der Waals surface area contributed by atoms with Gasteiger partial charge in [-0.3, -0.25) is 4.79 Å². The first kappa shape index (κ1) is 19.8. The van der Waals surface area contributed by atoms with Gasteiger partial charge in [0.25, 0.3) is 0 Å². The first-order valence-electron chi connectivity index (χ1n) is 7.94. The van der Waals surface area contributed by atoms with Gasteiger partial charge in [-0.25, -0.2) is 27.5 Å². The highest BCUT2D eigenvalue weighted by Crippen LogP contribution is 2.31. The van der Waals surface area contributed by atoms with E-state index < -0.39 is 29.0 Å². The molecular formula is C19H13F4N3OS. The number of nitrogens with zero attached hydrogens (tertiary/aromatic N) is 2. The lowest BCUT2D eigenvalue weighted by molar-refractivity contribution is 0.112. The fraction of sp³-hybridized carbons (Fsp3) is 0.105. The van der Waals surface area contributed by atoms with Gasteiger partial charge in [0, 0.05) is 5.56 Å².